The molecule has 1 aliphatic rings. The third-order valence-corrected chi connectivity index (χ3v) is 5.12. The number of rotatable bonds is 4. The van der Waals surface area contributed by atoms with Gasteiger partial charge in [0, 0.05) is 44.4 Å². The Morgan fingerprint density at radius 1 is 1.28 bits per heavy atom. The molecule has 1 aromatic heterocycles. The quantitative estimate of drug-likeness (QED) is 0.850. The summed E-state index contributed by atoms with van der Waals surface area (Å²) in [4.78, 5) is 21.4. The zero-order valence-corrected chi connectivity index (χ0v) is 15.4. The van der Waals surface area contributed by atoms with Crippen LogP contribution in [0.15, 0.2) is 42.6 Å². The summed E-state index contributed by atoms with van der Waals surface area (Å²) in [5.41, 5.74) is 3.34. The number of aryl methyl sites for hydroxylation is 1. The molecule has 0 unspecified atom stereocenters. The highest BCUT2D eigenvalue weighted by Gasteiger charge is 2.25. The summed E-state index contributed by atoms with van der Waals surface area (Å²) in [5, 5.41) is 0. The first-order valence-corrected chi connectivity index (χ1v) is 9.11. The van der Waals surface area contributed by atoms with Crippen molar-refractivity contribution in [3.05, 3.63) is 59.3 Å². The average Bonchev–Trinajstić information content (AvgIpc) is 2.67. The Morgan fingerprint density at radius 3 is 2.76 bits per heavy atom. The summed E-state index contributed by atoms with van der Waals surface area (Å²) in [6, 6.07) is 12.5. The number of pyridine rings is 1. The third-order valence-electron chi connectivity index (χ3n) is 5.12. The number of amides is 1. The molecule has 0 bridgehead atoms. The number of hydrogen-bond donors (Lipinski definition) is 0. The molecule has 1 saturated heterocycles. The second kappa shape index (κ2) is 7.68. The van der Waals surface area contributed by atoms with E-state index in [1.54, 1.807) is 6.20 Å². The summed E-state index contributed by atoms with van der Waals surface area (Å²) in [7, 11) is 1.99. The van der Waals surface area contributed by atoms with Gasteiger partial charge >= 0.3 is 0 Å². The number of hydrogen-bond acceptors (Lipinski definition) is 3. The van der Waals surface area contributed by atoms with Crippen LogP contribution in [-0.2, 0) is 0 Å². The van der Waals surface area contributed by atoms with Gasteiger partial charge in [-0.1, -0.05) is 29.8 Å². The molecule has 132 valence electrons. The molecular weight excluding hydrogens is 310 g/mol. The highest BCUT2D eigenvalue weighted by molar-refractivity contribution is 5.95. The van der Waals surface area contributed by atoms with Crippen molar-refractivity contribution in [1.82, 2.24) is 9.88 Å². The van der Waals surface area contributed by atoms with E-state index in [1.807, 2.05) is 29.0 Å². The number of anilines is 1. The highest BCUT2D eigenvalue weighted by Crippen LogP contribution is 2.28. The third kappa shape index (κ3) is 4.01. The van der Waals surface area contributed by atoms with Crippen molar-refractivity contribution in [2.45, 2.75) is 32.6 Å². The van der Waals surface area contributed by atoms with Crippen molar-refractivity contribution in [3.63, 3.8) is 0 Å². The Bertz CT molecular complexity index is 726. The lowest BCUT2D eigenvalue weighted by Crippen LogP contribution is -2.39. The van der Waals surface area contributed by atoms with Crippen molar-refractivity contribution in [2.75, 3.05) is 31.6 Å². The van der Waals surface area contributed by atoms with Crippen LogP contribution in [0.3, 0.4) is 0 Å². The molecule has 1 fully saturated rings. The molecular formula is C21H27N3O. The van der Waals surface area contributed by atoms with E-state index in [9.17, 15) is 4.79 Å². The van der Waals surface area contributed by atoms with Gasteiger partial charge in [0.25, 0.3) is 5.91 Å². The van der Waals surface area contributed by atoms with Gasteiger partial charge in [0.15, 0.2) is 0 Å². The van der Waals surface area contributed by atoms with Crippen molar-refractivity contribution in [3.8, 4) is 0 Å². The zero-order chi connectivity index (χ0) is 17.8. The number of likely N-dealkylation sites (tertiary alicyclic amines) is 1. The van der Waals surface area contributed by atoms with E-state index in [0.29, 0.717) is 5.92 Å². The van der Waals surface area contributed by atoms with Crippen LogP contribution < -0.4 is 4.90 Å². The zero-order valence-electron chi connectivity index (χ0n) is 15.4. The van der Waals surface area contributed by atoms with Gasteiger partial charge in [-0.05, 0) is 44.4 Å². The van der Waals surface area contributed by atoms with Gasteiger partial charge in [0.1, 0.15) is 5.82 Å². The SMILES string of the molecule is CCN(C)c1cc(C(=O)N2CCC[C@H](c3ccc(C)cc3)C2)ccn1. The summed E-state index contributed by atoms with van der Waals surface area (Å²) in [6.07, 6.45) is 3.93. The molecule has 4 nitrogen and oxygen atoms in total. The van der Waals surface area contributed by atoms with Gasteiger partial charge in [-0.2, -0.15) is 0 Å². The van der Waals surface area contributed by atoms with E-state index >= 15 is 0 Å². The molecule has 0 N–H and O–H groups in total. The van der Waals surface area contributed by atoms with Crippen LogP contribution in [0, 0.1) is 6.92 Å². The van der Waals surface area contributed by atoms with E-state index in [4.69, 9.17) is 0 Å². The minimum atomic E-state index is 0.116. The van der Waals surface area contributed by atoms with Crippen LogP contribution in [0.2, 0.25) is 0 Å². The van der Waals surface area contributed by atoms with Crippen molar-refractivity contribution >= 4 is 11.7 Å². The number of benzene rings is 1. The van der Waals surface area contributed by atoms with Crippen molar-refractivity contribution < 1.29 is 4.79 Å². The van der Waals surface area contributed by atoms with Crippen LogP contribution in [0.1, 0.15) is 47.2 Å². The largest absolute Gasteiger partial charge is 0.360 e. The lowest BCUT2D eigenvalue weighted by atomic mass is 9.90. The second-order valence-electron chi connectivity index (χ2n) is 6.92. The first kappa shape index (κ1) is 17.5. The predicted octanol–water partition coefficient (Wildman–Crippen LogP) is 3.87. The van der Waals surface area contributed by atoms with E-state index in [0.717, 1.165) is 43.9 Å². The van der Waals surface area contributed by atoms with Gasteiger partial charge in [-0.25, -0.2) is 4.98 Å². The standard InChI is InChI=1S/C21H27N3O/c1-4-23(3)20-14-18(11-12-22-20)21(25)24-13-5-6-19(15-24)17-9-7-16(2)8-10-17/h7-12,14,19H,4-6,13,15H2,1-3H3/t19-/m0/s1. The maximum absolute atomic E-state index is 13.0. The normalized spacial score (nSPS) is 17.4. The summed E-state index contributed by atoms with van der Waals surface area (Å²) in [6.45, 7) is 6.68. The Morgan fingerprint density at radius 2 is 2.04 bits per heavy atom. The lowest BCUT2D eigenvalue weighted by molar-refractivity contribution is 0.0707. The Labute approximate surface area is 150 Å². The van der Waals surface area contributed by atoms with E-state index in [2.05, 4.69) is 43.1 Å². The maximum atomic E-state index is 13.0. The van der Waals surface area contributed by atoms with Crippen LogP contribution in [-0.4, -0.2) is 42.5 Å². The number of nitrogens with zero attached hydrogens (tertiary/aromatic N) is 3. The molecule has 0 spiro atoms. The Hall–Kier alpha value is -2.36. The maximum Gasteiger partial charge on any atom is 0.254 e. The molecule has 2 heterocycles. The first-order valence-electron chi connectivity index (χ1n) is 9.11. The van der Waals surface area contributed by atoms with E-state index in [1.165, 1.54) is 11.1 Å². The molecule has 0 aliphatic carbocycles. The fourth-order valence-corrected chi connectivity index (χ4v) is 3.38. The minimum absolute atomic E-state index is 0.116. The molecule has 1 amide bonds. The van der Waals surface area contributed by atoms with Gasteiger partial charge in [-0.3, -0.25) is 4.79 Å². The molecule has 2 aromatic rings. The minimum Gasteiger partial charge on any atom is -0.360 e. The fraction of sp³-hybridized carbons (Fsp3) is 0.429. The molecule has 25 heavy (non-hydrogen) atoms. The number of carbonyl (C=O) groups is 1. The van der Waals surface area contributed by atoms with Crippen LogP contribution in [0.25, 0.3) is 0 Å². The van der Waals surface area contributed by atoms with Crippen molar-refractivity contribution in [2.24, 2.45) is 0 Å². The lowest BCUT2D eigenvalue weighted by Gasteiger charge is -2.33. The number of carbonyl (C=O) groups excluding carboxylic acids is 1. The molecule has 0 saturated carbocycles. The Kier molecular flexibility index (Phi) is 5.37. The second-order valence-corrected chi connectivity index (χ2v) is 6.92. The molecule has 4 heteroatoms. The first-order chi connectivity index (χ1) is 12.1. The van der Waals surface area contributed by atoms with Crippen LogP contribution in [0.5, 0.6) is 0 Å². The summed E-state index contributed by atoms with van der Waals surface area (Å²) >= 11 is 0. The fourth-order valence-electron chi connectivity index (χ4n) is 3.38. The van der Waals surface area contributed by atoms with Gasteiger partial charge in [-0.15, -0.1) is 0 Å². The average molecular weight is 337 g/mol. The van der Waals surface area contributed by atoms with Gasteiger partial charge < -0.3 is 9.80 Å². The van der Waals surface area contributed by atoms with E-state index < -0.39 is 0 Å². The molecule has 1 atom stereocenters. The number of aromatic nitrogens is 1. The summed E-state index contributed by atoms with van der Waals surface area (Å²) < 4.78 is 0. The summed E-state index contributed by atoms with van der Waals surface area (Å²) in [5.74, 6) is 1.39. The van der Waals surface area contributed by atoms with Gasteiger partial charge in [0.2, 0.25) is 0 Å². The topological polar surface area (TPSA) is 36.4 Å². The van der Waals surface area contributed by atoms with E-state index in [-0.39, 0.29) is 5.91 Å². The smallest absolute Gasteiger partial charge is 0.254 e. The predicted molar refractivity (Wildman–Crippen MR) is 102 cm³/mol. The monoisotopic (exact) mass is 337 g/mol. The molecule has 1 aromatic carbocycles. The van der Waals surface area contributed by atoms with Crippen LogP contribution in [0.4, 0.5) is 5.82 Å². The molecule has 1 aliphatic heterocycles. The van der Waals surface area contributed by atoms with Crippen LogP contribution >= 0.6 is 0 Å². The molecule has 0 radical (unpaired) electrons. The molecule has 3 rings (SSSR count). The highest BCUT2D eigenvalue weighted by atomic mass is 16.2. The number of piperidine rings is 1. The Balaban J connectivity index is 1.75. The van der Waals surface area contributed by atoms with Gasteiger partial charge in [0.05, 0.1) is 0 Å². The van der Waals surface area contributed by atoms with Crippen molar-refractivity contribution in [1.29, 1.82) is 0 Å².